The molecule has 29 heavy (non-hydrogen) atoms. The molecule has 1 aliphatic heterocycles. The van der Waals surface area contributed by atoms with Gasteiger partial charge in [0.25, 0.3) is 6.43 Å². The molecule has 0 bridgehead atoms. The summed E-state index contributed by atoms with van der Waals surface area (Å²) >= 11 is 6.08. The maximum absolute atomic E-state index is 12.7. The number of rotatable bonds is 6. The molecule has 0 amide bonds. The van der Waals surface area contributed by atoms with Crippen LogP contribution in [0.5, 0.6) is 5.75 Å². The Balaban J connectivity index is 1.98. The van der Waals surface area contributed by atoms with Crippen LogP contribution in [0.4, 0.5) is 22.0 Å². The van der Waals surface area contributed by atoms with Gasteiger partial charge in [-0.3, -0.25) is 4.90 Å². The van der Waals surface area contributed by atoms with Crippen molar-refractivity contribution in [3.05, 3.63) is 64.7 Å². The fourth-order valence-electron chi connectivity index (χ4n) is 3.97. The minimum absolute atomic E-state index is 0.182. The third-order valence-electron chi connectivity index (χ3n) is 5.16. The second-order valence-corrected chi connectivity index (χ2v) is 7.85. The highest BCUT2D eigenvalue weighted by atomic mass is 35.5. The van der Waals surface area contributed by atoms with E-state index in [-0.39, 0.29) is 13.1 Å². The molecule has 1 atom stereocenters. The van der Waals surface area contributed by atoms with E-state index in [1.54, 1.807) is 31.2 Å². The summed E-state index contributed by atoms with van der Waals surface area (Å²) < 4.78 is 66.6. The monoisotopic (exact) mass is 435 g/mol. The molecule has 0 aliphatic carbocycles. The van der Waals surface area contributed by atoms with Crippen LogP contribution in [0.2, 0.25) is 5.02 Å². The summed E-state index contributed by atoms with van der Waals surface area (Å²) in [5.41, 5.74) is -1.78. The maximum atomic E-state index is 12.7. The Hall–Kier alpha value is -1.90. The predicted molar refractivity (Wildman–Crippen MR) is 98.1 cm³/mol. The molecule has 0 unspecified atom stereocenters. The average molecular weight is 436 g/mol. The van der Waals surface area contributed by atoms with Gasteiger partial charge in [-0.25, -0.2) is 8.78 Å². The summed E-state index contributed by atoms with van der Waals surface area (Å²) in [4.78, 5) is 1.52. The van der Waals surface area contributed by atoms with Crippen LogP contribution in [0.1, 0.15) is 18.1 Å². The Morgan fingerprint density at radius 3 is 2.24 bits per heavy atom. The van der Waals surface area contributed by atoms with Crippen molar-refractivity contribution in [1.82, 2.24) is 4.90 Å². The number of hydrogen-bond acceptors (Lipinski definition) is 3. The van der Waals surface area contributed by atoms with E-state index >= 15 is 0 Å². The van der Waals surface area contributed by atoms with Crippen molar-refractivity contribution < 1.29 is 31.8 Å². The average Bonchev–Trinajstić information content (AvgIpc) is 2.58. The van der Waals surface area contributed by atoms with Gasteiger partial charge >= 0.3 is 6.36 Å². The largest absolute Gasteiger partial charge is 0.573 e. The second-order valence-electron chi connectivity index (χ2n) is 7.41. The molecule has 2 aromatic carbocycles. The zero-order valence-electron chi connectivity index (χ0n) is 15.4. The van der Waals surface area contributed by atoms with Crippen LogP contribution in [0.25, 0.3) is 0 Å². The minimum atomic E-state index is -4.83. The lowest BCUT2D eigenvalue weighted by molar-refractivity contribution is -0.274. The van der Waals surface area contributed by atoms with Gasteiger partial charge < -0.3 is 9.84 Å². The van der Waals surface area contributed by atoms with Crippen molar-refractivity contribution in [2.45, 2.75) is 25.3 Å². The molecule has 2 aromatic rings. The van der Waals surface area contributed by atoms with Gasteiger partial charge in [-0.15, -0.1) is 13.2 Å². The van der Waals surface area contributed by atoms with Gasteiger partial charge in [0.05, 0.1) is 6.54 Å². The molecule has 3 nitrogen and oxygen atoms in total. The van der Waals surface area contributed by atoms with Gasteiger partial charge in [0, 0.05) is 23.5 Å². The summed E-state index contributed by atoms with van der Waals surface area (Å²) in [6, 6.07) is 11.4. The Labute approximate surface area is 169 Å². The molecule has 0 saturated carbocycles. The molecule has 1 aliphatic rings. The molecule has 1 N–H and O–H groups in total. The van der Waals surface area contributed by atoms with Crippen LogP contribution in [0.15, 0.2) is 48.5 Å². The highest BCUT2D eigenvalue weighted by Gasteiger charge is 2.56. The van der Waals surface area contributed by atoms with Crippen molar-refractivity contribution >= 4 is 11.6 Å². The third kappa shape index (κ3) is 4.49. The first-order valence-electron chi connectivity index (χ1n) is 8.78. The normalized spacial score (nSPS) is 18.9. The van der Waals surface area contributed by atoms with E-state index in [1.165, 1.54) is 17.0 Å². The van der Waals surface area contributed by atoms with Crippen molar-refractivity contribution in [2.24, 2.45) is 5.41 Å². The second kappa shape index (κ2) is 7.74. The van der Waals surface area contributed by atoms with Crippen LogP contribution in [-0.2, 0) is 5.60 Å². The highest BCUT2D eigenvalue weighted by Crippen LogP contribution is 2.51. The molecule has 0 spiro atoms. The van der Waals surface area contributed by atoms with E-state index in [1.807, 2.05) is 0 Å². The lowest BCUT2D eigenvalue weighted by Gasteiger charge is -2.57. The lowest BCUT2D eigenvalue weighted by Crippen LogP contribution is -2.65. The van der Waals surface area contributed by atoms with Gasteiger partial charge in [0.2, 0.25) is 0 Å². The molecular weight excluding hydrogens is 417 g/mol. The van der Waals surface area contributed by atoms with Gasteiger partial charge in [0.1, 0.15) is 11.4 Å². The van der Waals surface area contributed by atoms with E-state index in [0.717, 1.165) is 12.1 Å². The van der Waals surface area contributed by atoms with Crippen LogP contribution in [0, 0.1) is 5.41 Å². The van der Waals surface area contributed by atoms with E-state index in [0.29, 0.717) is 16.1 Å². The smallest absolute Gasteiger partial charge is 0.406 e. The zero-order chi connectivity index (χ0) is 21.4. The fourth-order valence-corrected chi connectivity index (χ4v) is 4.16. The number of hydrogen-bond donors (Lipinski definition) is 1. The topological polar surface area (TPSA) is 32.7 Å². The first kappa shape index (κ1) is 21.8. The van der Waals surface area contributed by atoms with Gasteiger partial charge in [-0.2, -0.15) is 0 Å². The molecule has 0 aromatic heterocycles. The number of nitrogens with zero attached hydrogens (tertiary/aromatic N) is 1. The van der Waals surface area contributed by atoms with Crippen molar-refractivity contribution in [2.75, 3.05) is 19.6 Å². The van der Waals surface area contributed by atoms with E-state index < -0.39 is 36.1 Å². The first-order valence-corrected chi connectivity index (χ1v) is 9.16. The Bertz CT molecular complexity index is 853. The molecule has 158 valence electrons. The quantitative estimate of drug-likeness (QED) is 0.644. The van der Waals surface area contributed by atoms with E-state index in [4.69, 9.17) is 11.6 Å². The van der Waals surface area contributed by atoms with E-state index in [2.05, 4.69) is 4.74 Å². The summed E-state index contributed by atoms with van der Waals surface area (Å²) in [7, 11) is 0. The molecule has 0 radical (unpaired) electrons. The number of alkyl halides is 5. The van der Waals surface area contributed by atoms with Crippen LogP contribution in [-0.4, -0.2) is 42.4 Å². The SMILES string of the molecule is CC1([C@](O)(c2ccc(OC(F)(F)F)cc2)c2cccc(Cl)c2)CN(CC(F)F)C1. The first-order chi connectivity index (χ1) is 13.4. The van der Waals surface area contributed by atoms with Gasteiger partial charge in [-0.05, 0) is 35.4 Å². The summed E-state index contributed by atoms with van der Waals surface area (Å²) in [5, 5.41) is 12.2. The number of aliphatic hydroxyl groups is 1. The minimum Gasteiger partial charge on any atom is -0.406 e. The molecule has 9 heteroatoms. The summed E-state index contributed by atoms with van der Waals surface area (Å²) in [6.07, 6.45) is -7.34. The van der Waals surface area contributed by atoms with Crippen LogP contribution < -0.4 is 4.74 Å². The van der Waals surface area contributed by atoms with E-state index in [9.17, 15) is 27.1 Å². The number of ether oxygens (including phenoxy) is 1. The number of benzene rings is 2. The number of halogens is 6. The van der Waals surface area contributed by atoms with Gasteiger partial charge in [-0.1, -0.05) is 42.8 Å². The Kier molecular flexibility index (Phi) is 5.82. The fraction of sp³-hybridized carbons (Fsp3) is 0.400. The van der Waals surface area contributed by atoms with Crippen molar-refractivity contribution in [3.63, 3.8) is 0 Å². The molecule has 1 fully saturated rings. The van der Waals surface area contributed by atoms with Crippen LogP contribution in [0.3, 0.4) is 0 Å². The summed E-state index contributed by atoms with van der Waals surface area (Å²) in [5.74, 6) is -0.423. The third-order valence-corrected chi connectivity index (χ3v) is 5.40. The predicted octanol–water partition coefficient (Wildman–Crippen LogP) is 5.06. The van der Waals surface area contributed by atoms with Gasteiger partial charge in [0.15, 0.2) is 0 Å². The number of likely N-dealkylation sites (tertiary alicyclic amines) is 1. The zero-order valence-corrected chi connectivity index (χ0v) is 16.1. The van der Waals surface area contributed by atoms with Crippen molar-refractivity contribution in [1.29, 1.82) is 0 Å². The van der Waals surface area contributed by atoms with Crippen LogP contribution >= 0.6 is 11.6 Å². The molecule has 1 saturated heterocycles. The molecule has 1 heterocycles. The molecular formula is C20H19ClF5NO2. The highest BCUT2D eigenvalue weighted by molar-refractivity contribution is 6.30. The lowest BCUT2D eigenvalue weighted by atomic mass is 9.62. The Morgan fingerprint density at radius 2 is 1.72 bits per heavy atom. The standard InChI is InChI=1S/C20H19ClF5NO2/c1-18(11-27(12-18)10-17(22)23)19(28,14-3-2-4-15(21)9-14)13-5-7-16(8-6-13)29-20(24,25)26/h2-9,17,28H,10-12H2,1H3/t19-/m0/s1. The summed E-state index contributed by atoms with van der Waals surface area (Å²) in [6.45, 7) is 1.69. The Morgan fingerprint density at radius 1 is 1.10 bits per heavy atom. The molecule has 3 rings (SSSR count). The maximum Gasteiger partial charge on any atom is 0.573 e. The van der Waals surface area contributed by atoms with Crippen molar-refractivity contribution in [3.8, 4) is 5.75 Å².